The Balaban J connectivity index is 0.000000107. The summed E-state index contributed by atoms with van der Waals surface area (Å²) in [5.41, 5.74) is 28.9. The lowest BCUT2D eigenvalue weighted by Gasteiger charge is -2.58. The fourth-order valence-corrected chi connectivity index (χ4v) is 36.4. The van der Waals surface area contributed by atoms with Crippen molar-refractivity contribution >= 4 is 33.7 Å². The van der Waals surface area contributed by atoms with E-state index in [1.54, 1.807) is 44.5 Å². The summed E-state index contributed by atoms with van der Waals surface area (Å²) in [4.78, 5) is 13.3. The number of fused-ring (bicyclic) bond motifs is 24. The van der Waals surface area contributed by atoms with Crippen LogP contribution in [0.25, 0.3) is 21.7 Å². The second-order valence-electron chi connectivity index (χ2n) is 53.9. The monoisotopic (exact) mass is 1810 g/mol. The summed E-state index contributed by atoms with van der Waals surface area (Å²) >= 11 is 0. The van der Waals surface area contributed by atoms with Crippen LogP contribution in [-0.4, -0.2) is 74.1 Å². The zero-order valence-corrected chi connectivity index (χ0v) is 86.7. The molecule has 0 bridgehead atoms. The topological polar surface area (TPSA) is 129 Å². The number of aliphatic imine (C=N–C) groups is 2. The molecule has 2 aromatic heterocycles. The first-order valence-corrected chi connectivity index (χ1v) is 54.9. The van der Waals surface area contributed by atoms with Gasteiger partial charge in [-0.15, -0.1) is 0 Å². The average molecular weight is 1810 g/mol. The number of hydrogen-bond donors (Lipinski definition) is 2. The maximum absolute atomic E-state index is 6.44. The van der Waals surface area contributed by atoms with Crippen molar-refractivity contribution in [1.82, 2.24) is 15.2 Å². The summed E-state index contributed by atoms with van der Waals surface area (Å²) in [6.07, 6.45) is 62.5. The third kappa shape index (κ3) is 16.7. The predicted octanol–water partition coefficient (Wildman–Crippen LogP) is 31.2. The van der Waals surface area contributed by atoms with Gasteiger partial charge in [-0.1, -0.05) is 163 Å². The SMILES string of the molecule is CC(C)(C)O[C@H]1CC[C@@]2(C)C(=CC[C@H]3[C@@H]4CC[C@H](c5ccc6[nH]ncc6c5)[C@@]4(C)CC[C@@H]32)C1.CC(C)(C)O[C@H]1CC[C@@]2(C)C(=CC[C@H]3[C@@H]4CC[C@H](c5ccc6c(c5)CN=C6)[C@@]4(C)CC[C@@H]32)C1.CC(C)(C)O[C@H]1CC[C@@]2(C)C(=CC[C@H]3[C@@H]4CC[C@H](c5ccc6c(c5)CN=C6N)[C@@]4(C)CC[C@@H]32)C1.CC(C)(C)O[C@H]1CC[C@@]2(C)C(=CC[C@H]3[C@@H]4CC[C@H](c5ccc6cnccc6c5)[C@@]4(C)CC[C@@H]32)C1. The van der Waals surface area contributed by atoms with Gasteiger partial charge in [0.15, 0.2) is 0 Å². The fourth-order valence-electron chi connectivity index (χ4n) is 36.4. The summed E-state index contributed by atoms with van der Waals surface area (Å²) in [6, 6.07) is 30.7. The number of aromatic nitrogens is 3. The van der Waals surface area contributed by atoms with E-state index in [-0.39, 0.29) is 22.4 Å². The summed E-state index contributed by atoms with van der Waals surface area (Å²) in [5.74, 6) is 13.9. The summed E-state index contributed by atoms with van der Waals surface area (Å²) in [5, 5.41) is 11.2. The highest BCUT2D eigenvalue weighted by atomic mass is 16.5. The van der Waals surface area contributed by atoms with E-state index in [1.165, 1.54) is 219 Å². The third-order valence-electron chi connectivity index (χ3n) is 42.5. The second-order valence-corrected chi connectivity index (χ2v) is 53.9. The van der Waals surface area contributed by atoms with Gasteiger partial charge in [0.05, 0.1) is 71.6 Å². The number of benzene rings is 4. The van der Waals surface area contributed by atoms with E-state index in [1.807, 2.05) is 18.6 Å². The van der Waals surface area contributed by atoms with Crippen LogP contribution in [0.15, 0.2) is 154 Å². The zero-order chi connectivity index (χ0) is 93.6. The lowest BCUT2D eigenvalue weighted by molar-refractivity contribution is -0.0924. The van der Waals surface area contributed by atoms with E-state index in [0.29, 0.717) is 85.5 Å². The van der Waals surface area contributed by atoms with Crippen LogP contribution in [-0.2, 0) is 32.0 Å². The van der Waals surface area contributed by atoms with E-state index in [2.05, 4.69) is 273 Å². The molecular weight excluding hydrogens is 1640 g/mol. The van der Waals surface area contributed by atoms with Crippen LogP contribution in [0.4, 0.5) is 0 Å². The first kappa shape index (κ1) is 94.0. The lowest BCUT2D eigenvalue weighted by atomic mass is 9.47. The normalized spacial score (nSPS) is 40.9. The van der Waals surface area contributed by atoms with Crippen LogP contribution in [0.1, 0.15) is 412 Å². The van der Waals surface area contributed by atoms with Crippen LogP contribution < -0.4 is 5.73 Å². The molecule has 12 saturated carbocycles. The molecule has 10 heteroatoms. The maximum Gasteiger partial charge on any atom is 0.126 e. The molecule has 24 rings (SSSR count). The summed E-state index contributed by atoms with van der Waals surface area (Å²) in [6.45, 7) is 49.2. The molecule has 134 heavy (non-hydrogen) atoms. The Morgan fingerprint density at radius 3 is 1.10 bits per heavy atom. The number of nitrogens with zero attached hydrogens (tertiary/aromatic N) is 4. The minimum absolute atomic E-state index is 0.0363. The Labute approximate surface area is 808 Å². The van der Waals surface area contributed by atoms with E-state index < -0.39 is 0 Å². The largest absolute Gasteiger partial charge is 0.383 e. The molecule has 16 aliphatic carbocycles. The number of rotatable bonds is 8. The molecule has 3 N–H and O–H groups in total. The van der Waals surface area contributed by atoms with E-state index >= 15 is 0 Å². The molecule has 6 aromatic rings. The number of nitrogens with two attached hydrogens (primary N) is 1. The van der Waals surface area contributed by atoms with Crippen molar-refractivity contribution in [3.8, 4) is 0 Å². The van der Waals surface area contributed by atoms with E-state index in [0.717, 1.165) is 126 Å². The van der Waals surface area contributed by atoms with Crippen LogP contribution in [0.5, 0.6) is 0 Å². The van der Waals surface area contributed by atoms with Gasteiger partial charge in [0, 0.05) is 34.9 Å². The Morgan fingerprint density at radius 1 is 0.343 bits per heavy atom. The van der Waals surface area contributed by atoms with Gasteiger partial charge >= 0.3 is 0 Å². The highest BCUT2D eigenvalue weighted by Gasteiger charge is 2.65. The highest BCUT2D eigenvalue weighted by molar-refractivity contribution is 6.00. The molecule has 10 nitrogen and oxygen atoms in total. The Bertz CT molecular complexity index is 5590. The van der Waals surface area contributed by atoms with Crippen LogP contribution in [0, 0.1) is 114 Å². The van der Waals surface area contributed by atoms with Gasteiger partial charge in [-0.25, -0.2) is 0 Å². The molecule has 0 spiro atoms. The Morgan fingerprint density at radius 2 is 0.701 bits per heavy atom. The molecule has 4 heterocycles. The molecule has 0 radical (unpaired) electrons. The van der Waals surface area contributed by atoms with Crippen molar-refractivity contribution in [2.75, 3.05) is 0 Å². The number of H-pyrrole nitrogens is 1. The van der Waals surface area contributed by atoms with Gasteiger partial charge in [0.1, 0.15) is 5.84 Å². The molecule has 2 aliphatic heterocycles. The van der Waals surface area contributed by atoms with Crippen molar-refractivity contribution in [3.63, 3.8) is 0 Å². The van der Waals surface area contributed by atoms with E-state index in [9.17, 15) is 0 Å². The molecule has 0 unspecified atom stereocenters. The number of hydrogen-bond acceptors (Lipinski definition) is 9. The summed E-state index contributed by atoms with van der Waals surface area (Å²) < 4.78 is 25.8. The van der Waals surface area contributed by atoms with Crippen LogP contribution >= 0.6 is 0 Å². The number of allylic oxidation sites excluding steroid dienone is 4. The smallest absolute Gasteiger partial charge is 0.126 e. The first-order valence-electron chi connectivity index (χ1n) is 54.9. The van der Waals surface area contributed by atoms with Gasteiger partial charge < -0.3 is 24.7 Å². The third-order valence-corrected chi connectivity index (χ3v) is 42.5. The average Bonchev–Trinajstić information content (AvgIpc) is 1.47. The van der Waals surface area contributed by atoms with Crippen LogP contribution in [0.3, 0.4) is 0 Å². The van der Waals surface area contributed by atoms with Crippen molar-refractivity contribution in [2.45, 2.75) is 428 Å². The molecule has 0 amide bonds. The van der Waals surface area contributed by atoms with Gasteiger partial charge in [-0.3, -0.25) is 20.1 Å². The highest BCUT2D eigenvalue weighted by Crippen LogP contribution is 2.74. The molecule has 28 atom stereocenters. The van der Waals surface area contributed by atoms with Crippen molar-refractivity contribution < 1.29 is 18.9 Å². The number of aromatic amines is 1. The number of nitrogens with one attached hydrogen (secondary N) is 1. The minimum atomic E-state index is -0.0446. The number of pyridine rings is 1. The lowest BCUT2D eigenvalue weighted by Crippen LogP contribution is -2.50. The molecule has 722 valence electrons. The minimum Gasteiger partial charge on any atom is -0.383 e. The standard InChI is InChI=1S/C32H43NO.C31H44N2O.C31H43NO.C30H42N2O/c1-30(2,3)34-25-12-15-31(4)24(19-25)8-9-26-28-11-10-27(32(28,5)16-13-29(26)31)22-6-7-23-20-33-17-14-21(23)18-22;1-29(2,3)34-22-12-14-30(4)21(17-22)7-9-24-26-11-10-25(31(26,5)15-13-27(24)30)19-6-8-23-20(16-19)18-33-28(23)32;1-29(2,3)33-24-12-14-30(4)23(17-24)8-9-25-27-11-10-26(31(27,5)15-13-28(25)30)20-6-7-21-18-32-19-22(21)16-20;1-28(2,3)33-22-12-14-29(4)21(17-22)7-8-23-25-10-9-24(30(25,5)15-13-26(23)29)19-6-11-27-20(16-19)18-31-32-27/h6-8,14,17-18,20,25-29H,9-13,15-16,19H2,1-5H3;6-8,16,22,24-27H,9-15,17-18H2,1-5H3,(H2,32,33);6-8,16,18,24-28H,9-15,17,19H2,1-5H3;6-7,11,16,18,22-26H,8-10,12-15,17H2,1-5H3,(H,31,32)/t25-,26-,27+,28-,29-,31-,32+;22-,24-,25+,26-,27-,30-,31+;24-,25-,26+,27-,28-,30-,31+;22-,23-,24+,25-,26-,29-,30+/m0000/s1. The van der Waals surface area contributed by atoms with Crippen molar-refractivity contribution in [2.24, 2.45) is 130 Å². The van der Waals surface area contributed by atoms with E-state index in [4.69, 9.17) is 24.7 Å². The maximum atomic E-state index is 6.44. The van der Waals surface area contributed by atoms with Crippen LogP contribution in [0.2, 0.25) is 0 Å². The van der Waals surface area contributed by atoms with Gasteiger partial charge in [0.25, 0.3) is 0 Å². The van der Waals surface area contributed by atoms with Gasteiger partial charge in [-0.2, -0.15) is 5.10 Å². The number of amidine groups is 1. The quantitative estimate of drug-likeness (QED) is 0.145. The van der Waals surface area contributed by atoms with Gasteiger partial charge in [-0.05, 0) is 489 Å². The zero-order valence-electron chi connectivity index (χ0n) is 86.7. The fraction of sp³-hybridized carbons (Fsp3) is 0.694. The van der Waals surface area contributed by atoms with Crippen molar-refractivity contribution in [3.05, 3.63) is 189 Å². The van der Waals surface area contributed by atoms with Gasteiger partial charge in [0.2, 0.25) is 0 Å². The second kappa shape index (κ2) is 34.6. The molecule has 0 saturated heterocycles. The molecule has 12 fully saturated rings. The van der Waals surface area contributed by atoms with Crippen molar-refractivity contribution in [1.29, 1.82) is 0 Å². The summed E-state index contributed by atoms with van der Waals surface area (Å²) in [7, 11) is 0. The number of ether oxygens (including phenoxy) is 4. The Kier molecular flexibility index (Phi) is 24.2. The Hall–Kier alpha value is -6.30. The molecule has 4 aromatic carbocycles. The molecular formula is C124H172N6O4. The molecule has 18 aliphatic rings. The first-order chi connectivity index (χ1) is 63.6. The predicted molar refractivity (Wildman–Crippen MR) is 553 cm³/mol.